The van der Waals surface area contributed by atoms with Crippen molar-refractivity contribution < 1.29 is 80.2 Å². The molecule has 0 fully saturated rings. The van der Waals surface area contributed by atoms with E-state index < -0.39 is 97.5 Å². The molecule has 0 bridgehead atoms. The fourth-order valence-electron chi connectivity index (χ4n) is 13.2. The molecule has 0 radical (unpaired) electrons. The van der Waals surface area contributed by atoms with E-state index in [-0.39, 0.29) is 25.7 Å². The van der Waals surface area contributed by atoms with Crippen molar-refractivity contribution in [2.24, 2.45) is 17.8 Å². The number of esters is 4. The zero-order valence-electron chi connectivity index (χ0n) is 68.5. The second kappa shape index (κ2) is 75.1. The molecule has 0 saturated heterocycles. The molecule has 0 aliphatic heterocycles. The van der Waals surface area contributed by atoms with Crippen molar-refractivity contribution in [1.29, 1.82) is 0 Å². The predicted molar refractivity (Wildman–Crippen MR) is 428 cm³/mol. The Kier molecular flexibility index (Phi) is 73.7. The van der Waals surface area contributed by atoms with Crippen LogP contribution in [0.15, 0.2) is 0 Å². The first-order valence-corrected chi connectivity index (χ1v) is 46.9. The van der Waals surface area contributed by atoms with Gasteiger partial charge in [0.1, 0.15) is 19.3 Å². The molecule has 0 saturated carbocycles. The molecule has 0 amide bonds. The molecular weight excluding hydrogens is 1350 g/mol. The van der Waals surface area contributed by atoms with Crippen LogP contribution in [-0.4, -0.2) is 96.7 Å². The van der Waals surface area contributed by atoms with E-state index in [1.165, 1.54) is 257 Å². The summed E-state index contributed by atoms with van der Waals surface area (Å²) in [5, 5.41) is 10.7. The monoisotopic (exact) mass is 1520 g/mol. The molecule has 0 aromatic carbocycles. The van der Waals surface area contributed by atoms with Crippen molar-refractivity contribution in [2.75, 3.05) is 39.6 Å². The number of aliphatic hydroxyl groups excluding tert-OH is 1. The van der Waals surface area contributed by atoms with Gasteiger partial charge in [0.15, 0.2) is 12.2 Å². The molecular formula is C85H166O17P2. The Morgan fingerprint density at radius 2 is 0.490 bits per heavy atom. The molecule has 0 aliphatic carbocycles. The highest BCUT2D eigenvalue weighted by Gasteiger charge is 2.30. The first-order valence-electron chi connectivity index (χ1n) is 43.9. The van der Waals surface area contributed by atoms with E-state index in [1.807, 2.05) is 0 Å². The van der Waals surface area contributed by atoms with Crippen LogP contribution >= 0.6 is 15.6 Å². The van der Waals surface area contributed by atoms with Gasteiger partial charge in [0.2, 0.25) is 0 Å². The molecule has 0 rings (SSSR count). The Morgan fingerprint density at radius 1 is 0.279 bits per heavy atom. The highest BCUT2D eigenvalue weighted by molar-refractivity contribution is 7.47. The average molecular weight is 1520 g/mol. The van der Waals surface area contributed by atoms with Crippen molar-refractivity contribution in [2.45, 2.75) is 465 Å². The zero-order valence-corrected chi connectivity index (χ0v) is 70.3. The summed E-state index contributed by atoms with van der Waals surface area (Å²) < 4.78 is 68.9. The van der Waals surface area contributed by atoms with Crippen LogP contribution < -0.4 is 0 Å². The van der Waals surface area contributed by atoms with Gasteiger partial charge in [0, 0.05) is 25.7 Å². The van der Waals surface area contributed by atoms with E-state index in [0.29, 0.717) is 25.7 Å². The molecule has 3 N–H and O–H groups in total. The van der Waals surface area contributed by atoms with E-state index >= 15 is 0 Å². The fraction of sp³-hybridized carbons (Fsp3) is 0.953. The van der Waals surface area contributed by atoms with Crippen molar-refractivity contribution in [3.8, 4) is 0 Å². The number of carbonyl (C=O) groups is 4. The summed E-state index contributed by atoms with van der Waals surface area (Å²) in [6.45, 7) is 12.0. The van der Waals surface area contributed by atoms with E-state index in [9.17, 15) is 43.2 Å². The minimum Gasteiger partial charge on any atom is -0.462 e. The fourth-order valence-corrected chi connectivity index (χ4v) is 14.7. The first kappa shape index (κ1) is 102. The summed E-state index contributed by atoms with van der Waals surface area (Å²) in [7, 11) is -9.93. The molecule has 19 heteroatoms. The smallest absolute Gasteiger partial charge is 0.462 e. The van der Waals surface area contributed by atoms with Gasteiger partial charge in [-0.3, -0.25) is 37.3 Å². The summed E-state index contributed by atoms with van der Waals surface area (Å²) >= 11 is 0. The number of ether oxygens (including phenoxy) is 4. The largest absolute Gasteiger partial charge is 0.472 e. The summed E-state index contributed by atoms with van der Waals surface area (Å²) in [6, 6.07) is 0. The highest BCUT2D eigenvalue weighted by atomic mass is 31.2. The number of phosphoric ester groups is 2. The van der Waals surface area contributed by atoms with Gasteiger partial charge in [-0.05, 0) is 43.4 Å². The van der Waals surface area contributed by atoms with Crippen LogP contribution in [0.1, 0.15) is 447 Å². The van der Waals surface area contributed by atoms with Gasteiger partial charge in [-0.25, -0.2) is 9.13 Å². The lowest BCUT2D eigenvalue weighted by atomic mass is 9.99. The average Bonchev–Trinajstić information content (AvgIpc) is 0.908. The molecule has 0 aromatic heterocycles. The Morgan fingerprint density at radius 3 is 0.731 bits per heavy atom. The molecule has 17 nitrogen and oxygen atoms in total. The minimum absolute atomic E-state index is 0.106. The van der Waals surface area contributed by atoms with Crippen LogP contribution in [0.25, 0.3) is 0 Å². The van der Waals surface area contributed by atoms with Gasteiger partial charge < -0.3 is 33.8 Å². The second-order valence-electron chi connectivity index (χ2n) is 31.8. The summed E-state index contributed by atoms with van der Waals surface area (Å²) in [6.07, 6.45) is 65.2. The number of phosphoric acid groups is 2. The quantitative estimate of drug-likeness (QED) is 0.0222. The number of carbonyl (C=O) groups excluding carboxylic acids is 4. The van der Waals surface area contributed by atoms with Gasteiger partial charge >= 0.3 is 39.5 Å². The number of aliphatic hydroxyl groups is 1. The van der Waals surface area contributed by atoms with E-state index in [0.717, 1.165) is 108 Å². The van der Waals surface area contributed by atoms with E-state index in [1.54, 1.807) is 0 Å². The Bertz CT molecular complexity index is 2010. The number of rotatable bonds is 83. The Balaban J connectivity index is 5.23. The lowest BCUT2D eigenvalue weighted by Gasteiger charge is -2.21. The maximum Gasteiger partial charge on any atom is 0.472 e. The number of hydrogen-bond donors (Lipinski definition) is 3. The van der Waals surface area contributed by atoms with Crippen molar-refractivity contribution in [3.63, 3.8) is 0 Å². The molecule has 0 spiro atoms. The maximum atomic E-state index is 13.1. The van der Waals surface area contributed by atoms with Crippen molar-refractivity contribution >= 4 is 39.5 Å². The molecule has 3 unspecified atom stereocenters. The summed E-state index contributed by atoms with van der Waals surface area (Å²) in [5.74, 6) is 0.268. The van der Waals surface area contributed by atoms with Crippen LogP contribution in [0.4, 0.5) is 0 Å². The highest BCUT2D eigenvalue weighted by Crippen LogP contribution is 2.45. The number of unbranched alkanes of at least 4 members (excludes halogenated alkanes) is 50. The third-order valence-corrected chi connectivity index (χ3v) is 22.1. The molecule has 6 atom stereocenters. The van der Waals surface area contributed by atoms with Gasteiger partial charge in [0.25, 0.3) is 0 Å². The zero-order chi connectivity index (χ0) is 76.5. The van der Waals surface area contributed by atoms with Crippen LogP contribution in [0, 0.1) is 17.8 Å². The predicted octanol–water partition coefficient (Wildman–Crippen LogP) is 25.7. The van der Waals surface area contributed by atoms with Gasteiger partial charge in [-0.15, -0.1) is 0 Å². The molecule has 104 heavy (non-hydrogen) atoms. The van der Waals surface area contributed by atoms with Crippen molar-refractivity contribution in [3.05, 3.63) is 0 Å². The van der Waals surface area contributed by atoms with Crippen LogP contribution in [0.5, 0.6) is 0 Å². The SMILES string of the molecule is CCCCCCCCCCCCCCCCCCC(=O)OC[C@H](COP(=O)(O)OC[C@@H](O)COP(=O)(O)OC[C@@H](COC(=O)CCCCCCCCCCC(C)C)OC(=O)CCCCCCCCCCCCCCC(C)C)OC(=O)CCCCCCCCCCCCCCCCCCCCC(C)CC. The Labute approximate surface area is 638 Å². The van der Waals surface area contributed by atoms with E-state index in [2.05, 4.69) is 48.5 Å². The molecule has 0 aliphatic rings. The topological polar surface area (TPSA) is 237 Å². The van der Waals surface area contributed by atoms with Crippen LogP contribution in [0.2, 0.25) is 0 Å². The molecule has 618 valence electrons. The van der Waals surface area contributed by atoms with Crippen LogP contribution in [0.3, 0.4) is 0 Å². The summed E-state index contributed by atoms with van der Waals surface area (Å²) in [4.78, 5) is 73.2. The lowest BCUT2D eigenvalue weighted by molar-refractivity contribution is -0.161. The molecule has 0 heterocycles. The standard InChI is InChI=1S/C85H166O17P2/c1-8-10-11-12-13-14-15-16-17-23-26-32-37-45-52-59-66-82(87)95-72-80(101-84(89)68-61-54-47-38-33-27-24-21-19-18-20-22-25-31-36-44-51-58-65-78(7)9-2)74-99-103(91,92)97-70-79(86)71-98-104(93,94)100-75-81(73-96-83(88)67-60-53-46-41-40-43-50-57-64-77(5)6)102-85(90)69-62-55-48-39-34-29-28-30-35-42-49-56-63-76(3)4/h76-81,86H,8-75H2,1-7H3,(H,91,92)(H,93,94)/t78?,79-,80-,81-/m1/s1. The van der Waals surface area contributed by atoms with Crippen LogP contribution in [-0.2, 0) is 65.4 Å². The maximum absolute atomic E-state index is 13.1. The number of hydrogen-bond acceptors (Lipinski definition) is 15. The summed E-state index contributed by atoms with van der Waals surface area (Å²) in [5.41, 5.74) is 0. The van der Waals surface area contributed by atoms with Gasteiger partial charge in [-0.1, -0.05) is 395 Å². The van der Waals surface area contributed by atoms with Gasteiger partial charge in [-0.2, -0.15) is 0 Å². The Hall–Kier alpha value is -1.94. The minimum atomic E-state index is -4.97. The van der Waals surface area contributed by atoms with Crippen molar-refractivity contribution in [1.82, 2.24) is 0 Å². The van der Waals surface area contributed by atoms with Gasteiger partial charge in [0.05, 0.1) is 26.4 Å². The second-order valence-corrected chi connectivity index (χ2v) is 34.7. The lowest BCUT2D eigenvalue weighted by Crippen LogP contribution is -2.30. The molecule has 0 aromatic rings. The first-order chi connectivity index (χ1) is 50.3. The normalized spacial score (nSPS) is 14.2. The van der Waals surface area contributed by atoms with E-state index in [4.69, 9.17) is 37.0 Å². The third kappa shape index (κ3) is 76.8. The third-order valence-electron chi connectivity index (χ3n) is 20.2.